The number of amides is 1. The highest BCUT2D eigenvalue weighted by Gasteiger charge is 2.24. The van der Waals surface area contributed by atoms with Gasteiger partial charge in [0.1, 0.15) is 0 Å². The van der Waals surface area contributed by atoms with Gasteiger partial charge in [-0.15, -0.1) is 0 Å². The monoisotopic (exact) mass is 346 g/mol. The summed E-state index contributed by atoms with van der Waals surface area (Å²) in [5.74, 6) is -3.80. The lowest BCUT2D eigenvalue weighted by Crippen LogP contribution is -2.26. The number of nitrogens with one attached hydrogen (secondary N) is 2. The van der Waals surface area contributed by atoms with Gasteiger partial charge in [-0.3, -0.25) is 4.79 Å². The van der Waals surface area contributed by atoms with Crippen LogP contribution < -0.4 is 10.6 Å². The van der Waals surface area contributed by atoms with E-state index in [1.807, 2.05) is 0 Å². The quantitative estimate of drug-likeness (QED) is 0.786. The number of carbonyl (C=O) groups excluding carboxylic acids is 1. The fourth-order valence-corrected chi connectivity index (χ4v) is 3.28. The maximum atomic E-state index is 12.3. The minimum absolute atomic E-state index is 0.235. The van der Waals surface area contributed by atoms with Crippen molar-refractivity contribution in [2.24, 2.45) is 5.92 Å². The molecule has 8 heteroatoms. The minimum atomic E-state index is -4.45. The predicted molar refractivity (Wildman–Crippen MR) is 83.0 cm³/mol. The Bertz CT molecular complexity index is 627. The van der Waals surface area contributed by atoms with Gasteiger partial charge in [-0.25, -0.2) is 8.42 Å². The van der Waals surface area contributed by atoms with E-state index < -0.39 is 21.3 Å². The van der Waals surface area contributed by atoms with Gasteiger partial charge in [0.25, 0.3) is 5.91 Å². The van der Waals surface area contributed by atoms with E-state index in [0.29, 0.717) is 18.0 Å². The number of benzene rings is 1. The number of sulfone groups is 1. The van der Waals surface area contributed by atoms with Crippen LogP contribution in [0.4, 0.5) is 8.78 Å². The third kappa shape index (κ3) is 5.24. The van der Waals surface area contributed by atoms with Crippen LogP contribution in [0.5, 0.6) is 0 Å². The molecule has 5 nitrogen and oxygen atoms in total. The van der Waals surface area contributed by atoms with E-state index in [-0.39, 0.29) is 11.5 Å². The fourth-order valence-electron chi connectivity index (χ4n) is 2.50. The van der Waals surface area contributed by atoms with Crippen LogP contribution in [-0.4, -0.2) is 39.7 Å². The highest BCUT2D eigenvalue weighted by atomic mass is 32.2. The van der Waals surface area contributed by atoms with E-state index in [0.717, 1.165) is 25.9 Å². The first kappa shape index (κ1) is 17.8. The Morgan fingerprint density at radius 2 is 2.00 bits per heavy atom. The zero-order valence-electron chi connectivity index (χ0n) is 12.6. The van der Waals surface area contributed by atoms with Crippen molar-refractivity contribution in [3.63, 3.8) is 0 Å². The first-order chi connectivity index (χ1) is 10.9. The van der Waals surface area contributed by atoms with Crippen LogP contribution in [0.25, 0.3) is 0 Å². The number of halogens is 2. The summed E-state index contributed by atoms with van der Waals surface area (Å²) in [7, 11) is -4.45. The van der Waals surface area contributed by atoms with Crippen molar-refractivity contribution in [2.75, 3.05) is 19.6 Å². The maximum Gasteiger partial charge on any atom is 0.337 e. The first-order valence-corrected chi connectivity index (χ1v) is 9.17. The average molecular weight is 346 g/mol. The standard InChI is InChI=1S/C15H20F2N2O3S/c16-15(17)23(21,22)10-12-1-3-13(4-2-12)14(20)19-8-6-11-5-7-18-9-11/h1-4,11,15,18H,5-10H2,(H,19,20). The van der Waals surface area contributed by atoms with E-state index in [9.17, 15) is 22.0 Å². The largest absolute Gasteiger partial charge is 0.352 e. The molecule has 1 aromatic rings. The summed E-state index contributed by atoms with van der Waals surface area (Å²) in [6, 6.07) is 5.66. The van der Waals surface area contributed by atoms with E-state index in [2.05, 4.69) is 10.6 Å². The zero-order valence-corrected chi connectivity index (χ0v) is 13.4. The normalized spacial score (nSPS) is 18.3. The third-order valence-corrected chi connectivity index (χ3v) is 5.13. The van der Waals surface area contributed by atoms with Crippen LogP contribution in [0, 0.1) is 5.92 Å². The molecule has 1 amide bonds. The van der Waals surface area contributed by atoms with Gasteiger partial charge in [0.15, 0.2) is 0 Å². The van der Waals surface area contributed by atoms with Crippen LogP contribution in [-0.2, 0) is 15.6 Å². The predicted octanol–water partition coefficient (Wildman–Crippen LogP) is 1.55. The molecule has 1 aliphatic rings. The smallest absolute Gasteiger partial charge is 0.337 e. The summed E-state index contributed by atoms with van der Waals surface area (Å²) in [6.45, 7) is 2.57. The molecule has 0 bridgehead atoms. The molecule has 1 unspecified atom stereocenters. The topological polar surface area (TPSA) is 75.3 Å². The first-order valence-electron chi connectivity index (χ1n) is 7.46. The molecule has 1 saturated heterocycles. The van der Waals surface area contributed by atoms with Crippen molar-refractivity contribution in [1.82, 2.24) is 10.6 Å². The zero-order chi connectivity index (χ0) is 16.9. The lowest BCUT2D eigenvalue weighted by molar-refractivity contribution is 0.0951. The van der Waals surface area contributed by atoms with Crippen LogP contribution in [0.3, 0.4) is 0 Å². The molecule has 2 rings (SSSR count). The highest BCUT2D eigenvalue weighted by Crippen LogP contribution is 2.14. The summed E-state index contributed by atoms with van der Waals surface area (Å²) >= 11 is 0. The molecule has 1 aliphatic heterocycles. The van der Waals surface area contributed by atoms with Gasteiger partial charge in [0, 0.05) is 12.1 Å². The summed E-state index contributed by atoms with van der Waals surface area (Å²) in [6.07, 6.45) is 2.02. The van der Waals surface area contributed by atoms with Crippen molar-refractivity contribution in [1.29, 1.82) is 0 Å². The Kier molecular flexibility index (Phi) is 6.06. The van der Waals surface area contributed by atoms with Gasteiger partial charge in [-0.1, -0.05) is 12.1 Å². The molecule has 2 N–H and O–H groups in total. The van der Waals surface area contributed by atoms with Gasteiger partial charge in [0.05, 0.1) is 5.75 Å². The van der Waals surface area contributed by atoms with Crippen molar-refractivity contribution >= 4 is 15.7 Å². The second kappa shape index (κ2) is 7.83. The summed E-state index contributed by atoms with van der Waals surface area (Å²) in [5.41, 5.74) is 0.617. The molecule has 1 atom stereocenters. The Morgan fingerprint density at radius 1 is 1.30 bits per heavy atom. The van der Waals surface area contributed by atoms with Gasteiger partial charge < -0.3 is 10.6 Å². The highest BCUT2D eigenvalue weighted by molar-refractivity contribution is 7.90. The molecular formula is C15H20F2N2O3S. The molecule has 1 fully saturated rings. The molecular weight excluding hydrogens is 326 g/mol. The van der Waals surface area contributed by atoms with Crippen molar-refractivity contribution < 1.29 is 22.0 Å². The lowest BCUT2D eigenvalue weighted by Gasteiger charge is -2.10. The van der Waals surface area contributed by atoms with E-state index in [1.165, 1.54) is 24.3 Å². The molecule has 1 heterocycles. The molecule has 0 spiro atoms. The number of alkyl halides is 2. The Hall–Kier alpha value is -1.54. The molecule has 23 heavy (non-hydrogen) atoms. The lowest BCUT2D eigenvalue weighted by atomic mass is 10.1. The van der Waals surface area contributed by atoms with Crippen LogP contribution in [0.2, 0.25) is 0 Å². The van der Waals surface area contributed by atoms with Gasteiger partial charge in [0.2, 0.25) is 9.84 Å². The van der Waals surface area contributed by atoms with Gasteiger partial charge >= 0.3 is 5.76 Å². The number of hydrogen-bond acceptors (Lipinski definition) is 4. The van der Waals surface area contributed by atoms with Gasteiger partial charge in [-0.05, 0) is 49.5 Å². The number of carbonyl (C=O) groups is 1. The van der Waals surface area contributed by atoms with Crippen LogP contribution in [0.1, 0.15) is 28.8 Å². The van der Waals surface area contributed by atoms with Crippen molar-refractivity contribution in [2.45, 2.75) is 24.4 Å². The minimum Gasteiger partial charge on any atom is -0.352 e. The summed E-state index contributed by atoms with van der Waals surface area (Å²) < 4.78 is 46.9. The average Bonchev–Trinajstić information content (AvgIpc) is 3.00. The number of hydrogen-bond donors (Lipinski definition) is 2. The van der Waals surface area contributed by atoms with Crippen molar-refractivity contribution in [3.8, 4) is 0 Å². The molecule has 0 saturated carbocycles. The van der Waals surface area contributed by atoms with E-state index in [1.54, 1.807) is 0 Å². The Balaban J connectivity index is 1.84. The third-order valence-electron chi connectivity index (χ3n) is 3.86. The summed E-state index contributed by atoms with van der Waals surface area (Å²) in [5, 5.41) is 6.07. The summed E-state index contributed by atoms with van der Waals surface area (Å²) in [4.78, 5) is 12.0. The molecule has 0 radical (unpaired) electrons. The van der Waals surface area contributed by atoms with Crippen LogP contribution in [0.15, 0.2) is 24.3 Å². The van der Waals surface area contributed by atoms with Crippen molar-refractivity contribution in [3.05, 3.63) is 35.4 Å². The SMILES string of the molecule is O=C(NCCC1CCNC1)c1ccc(CS(=O)(=O)C(F)F)cc1. The second-order valence-electron chi connectivity index (χ2n) is 5.67. The van der Waals surface area contributed by atoms with E-state index >= 15 is 0 Å². The van der Waals surface area contributed by atoms with E-state index in [4.69, 9.17) is 0 Å². The molecule has 128 valence electrons. The molecule has 0 aromatic heterocycles. The Morgan fingerprint density at radius 3 is 2.57 bits per heavy atom. The number of rotatable bonds is 7. The van der Waals surface area contributed by atoms with Gasteiger partial charge in [-0.2, -0.15) is 8.78 Å². The molecule has 1 aromatic carbocycles. The maximum absolute atomic E-state index is 12.3. The fraction of sp³-hybridized carbons (Fsp3) is 0.533. The molecule has 0 aliphatic carbocycles. The van der Waals surface area contributed by atoms with Crippen LogP contribution >= 0.6 is 0 Å². The Labute approximate surface area is 134 Å². The second-order valence-corrected chi connectivity index (χ2v) is 7.64.